The van der Waals surface area contributed by atoms with Gasteiger partial charge in [0.1, 0.15) is 5.52 Å². The van der Waals surface area contributed by atoms with E-state index in [1.807, 2.05) is 29.2 Å². The summed E-state index contributed by atoms with van der Waals surface area (Å²) in [6.45, 7) is 1.67. The Balaban J connectivity index is 1.92. The number of benzene rings is 1. The first-order chi connectivity index (χ1) is 8.86. The van der Waals surface area contributed by atoms with E-state index in [-0.39, 0.29) is 0 Å². The molecule has 0 aliphatic carbocycles. The summed E-state index contributed by atoms with van der Waals surface area (Å²) in [5.74, 6) is 0.553. The zero-order valence-corrected chi connectivity index (χ0v) is 9.65. The molecule has 2 aromatic rings. The van der Waals surface area contributed by atoms with Crippen molar-refractivity contribution >= 4 is 17.0 Å². The number of nitrogens with zero attached hydrogens (tertiary/aromatic N) is 5. The summed E-state index contributed by atoms with van der Waals surface area (Å²) >= 11 is 0. The van der Waals surface area contributed by atoms with Gasteiger partial charge in [-0.1, -0.05) is 12.1 Å². The van der Waals surface area contributed by atoms with E-state index < -0.39 is 6.10 Å². The van der Waals surface area contributed by atoms with Crippen molar-refractivity contribution in [3.05, 3.63) is 24.3 Å². The van der Waals surface area contributed by atoms with Gasteiger partial charge >= 0.3 is 0 Å². The molecule has 1 atom stereocenters. The Kier molecular flexibility index (Phi) is 2.74. The molecule has 0 N–H and O–H groups in total. The minimum Gasteiger partial charge on any atom is -0.360 e. The van der Waals surface area contributed by atoms with E-state index >= 15 is 0 Å². The van der Waals surface area contributed by atoms with Gasteiger partial charge in [0.05, 0.1) is 24.7 Å². The van der Waals surface area contributed by atoms with Gasteiger partial charge < -0.3 is 9.64 Å². The minimum atomic E-state index is -0.422. The first-order valence-electron chi connectivity index (χ1n) is 5.72. The Labute approximate surface area is 104 Å². The average molecular weight is 241 g/mol. The summed E-state index contributed by atoms with van der Waals surface area (Å²) in [4.78, 5) is 6.38. The molecule has 1 fully saturated rings. The van der Waals surface area contributed by atoms with Gasteiger partial charge in [0.15, 0.2) is 6.10 Å². The molecule has 1 aliphatic heterocycles. The van der Waals surface area contributed by atoms with E-state index in [1.165, 1.54) is 0 Å². The highest BCUT2D eigenvalue weighted by Crippen LogP contribution is 2.15. The SMILES string of the molecule is N#CC1CN(c2nnc3ccccc3n2)CCO1. The van der Waals surface area contributed by atoms with Crippen molar-refractivity contribution in [3.63, 3.8) is 0 Å². The van der Waals surface area contributed by atoms with Gasteiger partial charge in [0.2, 0.25) is 5.95 Å². The molecule has 2 heterocycles. The van der Waals surface area contributed by atoms with Crippen LogP contribution in [0.1, 0.15) is 0 Å². The lowest BCUT2D eigenvalue weighted by atomic mass is 10.3. The molecule has 0 bridgehead atoms. The molecule has 1 aromatic heterocycles. The molecule has 1 saturated heterocycles. The van der Waals surface area contributed by atoms with E-state index in [4.69, 9.17) is 10.00 Å². The molecule has 1 aromatic carbocycles. The van der Waals surface area contributed by atoms with Crippen LogP contribution >= 0.6 is 0 Å². The highest BCUT2D eigenvalue weighted by molar-refractivity contribution is 5.74. The third-order valence-electron chi connectivity index (χ3n) is 2.84. The molecule has 90 valence electrons. The third-order valence-corrected chi connectivity index (χ3v) is 2.84. The number of morpholine rings is 1. The van der Waals surface area contributed by atoms with Crippen molar-refractivity contribution in [2.75, 3.05) is 24.6 Å². The van der Waals surface area contributed by atoms with Gasteiger partial charge in [-0.05, 0) is 12.1 Å². The van der Waals surface area contributed by atoms with E-state index in [0.29, 0.717) is 25.6 Å². The van der Waals surface area contributed by atoms with Crippen LogP contribution in [0.5, 0.6) is 0 Å². The molecule has 6 nitrogen and oxygen atoms in total. The molecule has 6 heteroatoms. The Morgan fingerprint density at radius 1 is 1.28 bits per heavy atom. The number of anilines is 1. The lowest BCUT2D eigenvalue weighted by Gasteiger charge is -2.29. The Morgan fingerprint density at radius 3 is 2.94 bits per heavy atom. The van der Waals surface area contributed by atoms with E-state index in [9.17, 15) is 0 Å². The number of nitriles is 1. The second-order valence-electron chi connectivity index (χ2n) is 4.04. The van der Waals surface area contributed by atoms with Crippen LogP contribution in [0.4, 0.5) is 5.95 Å². The van der Waals surface area contributed by atoms with Crippen LogP contribution in [0.15, 0.2) is 24.3 Å². The third kappa shape index (κ3) is 1.96. The summed E-state index contributed by atoms with van der Waals surface area (Å²) in [5, 5.41) is 17.1. The standard InChI is InChI=1S/C12H11N5O/c13-7-9-8-17(5-6-18-9)12-14-10-3-1-2-4-11(10)15-16-12/h1-4,9H,5-6,8H2. The number of aromatic nitrogens is 3. The summed E-state index contributed by atoms with van der Waals surface area (Å²) in [6, 6.07) is 9.69. The first kappa shape index (κ1) is 10.9. The quantitative estimate of drug-likeness (QED) is 0.733. The van der Waals surface area contributed by atoms with Crippen LogP contribution in [0.2, 0.25) is 0 Å². The number of rotatable bonds is 1. The zero-order chi connectivity index (χ0) is 12.4. The van der Waals surface area contributed by atoms with Crippen LogP contribution in [0.25, 0.3) is 11.0 Å². The van der Waals surface area contributed by atoms with E-state index in [0.717, 1.165) is 11.0 Å². The second kappa shape index (κ2) is 4.55. The molecular formula is C12H11N5O. The summed E-state index contributed by atoms with van der Waals surface area (Å²) in [6.07, 6.45) is -0.422. The predicted octanol–water partition coefficient (Wildman–Crippen LogP) is 0.754. The summed E-state index contributed by atoms with van der Waals surface area (Å²) in [5.41, 5.74) is 1.58. The van der Waals surface area contributed by atoms with Crippen LogP contribution < -0.4 is 4.90 Å². The van der Waals surface area contributed by atoms with Crippen molar-refractivity contribution in [2.45, 2.75) is 6.10 Å². The molecule has 18 heavy (non-hydrogen) atoms. The zero-order valence-electron chi connectivity index (χ0n) is 9.65. The Morgan fingerprint density at radius 2 is 2.11 bits per heavy atom. The van der Waals surface area contributed by atoms with Gasteiger partial charge in [0.25, 0.3) is 0 Å². The predicted molar refractivity (Wildman–Crippen MR) is 64.9 cm³/mol. The van der Waals surface area contributed by atoms with Gasteiger partial charge in [-0.25, -0.2) is 4.98 Å². The van der Waals surface area contributed by atoms with Crippen molar-refractivity contribution < 1.29 is 4.74 Å². The van der Waals surface area contributed by atoms with Gasteiger partial charge in [-0.3, -0.25) is 0 Å². The fourth-order valence-corrected chi connectivity index (χ4v) is 1.91. The molecule has 1 unspecified atom stereocenters. The smallest absolute Gasteiger partial charge is 0.246 e. The van der Waals surface area contributed by atoms with Crippen molar-refractivity contribution in [2.24, 2.45) is 0 Å². The summed E-state index contributed by atoms with van der Waals surface area (Å²) in [7, 11) is 0. The number of hydrogen-bond acceptors (Lipinski definition) is 6. The van der Waals surface area contributed by atoms with Gasteiger partial charge in [-0.15, -0.1) is 10.2 Å². The largest absolute Gasteiger partial charge is 0.360 e. The molecule has 0 saturated carbocycles. The maximum Gasteiger partial charge on any atom is 0.246 e. The highest BCUT2D eigenvalue weighted by atomic mass is 16.5. The molecular weight excluding hydrogens is 230 g/mol. The monoisotopic (exact) mass is 241 g/mol. The van der Waals surface area contributed by atoms with E-state index in [1.54, 1.807) is 0 Å². The Bertz CT molecular complexity index is 609. The lowest BCUT2D eigenvalue weighted by Crippen LogP contribution is -2.42. The molecule has 0 radical (unpaired) electrons. The number of fused-ring (bicyclic) bond motifs is 1. The topological polar surface area (TPSA) is 74.9 Å². The van der Waals surface area contributed by atoms with Crippen LogP contribution in [-0.2, 0) is 4.74 Å². The minimum absolute atomic E-state index is 0.422. The first-order valence-corrected chi connectivity index (χ1v) is 5.72. The number of para-hydroxylation sites is 1. The lowest BCUT2D eigenvalue weighted by molar-refractivity contribution is 0.0758. The average Bonchev–Trinajstić information content (AvgIpc) is 2.47. The maximum absolute atomic E-state index is 8.87. The van der Waals surface area contributed by atoms with Crippen LogP contribution in [-0.4, -0.2) is 41.0 Å². The Hall–Kier alpha value is -2.26. The normalized spacial score (nSPS) is 19.7. The van der Waals surface area contributed by atoms with E-state index in [2.05, 4.69) is 21.3 Å². The van der Waals surface area contributed by atoms with Crippen molar-refractivity contribution in [3.8, 4) is 6.07 Å². The fourth-order valence-electron chi connectivity index (χ4n) is 1.91. The molecule has 1 aliphatic rings. The van der Waals surface area contributed by atoms with Crippen molar-refractivity contribution in [1.82, 2.24) is 15.2 Å². The number of hydrogen-bond donors (Lipinski definition) is 0. The summed E-state index contributed by atoms with van der Waals surface area (Å²) < 4.78 is 5.29. The maximum atomic E-state index is 8.87. The molecule has 0 spiro atoms. The second-order valence-corrected chi connectivity index (χ2v) is 4.04. The highest BCUT2D eigenvalue weighted by Gasteiger charge is 2.22. The van der Waals surface area contributed by atoms with Crippen LogP contribution in [0.3, 0.4) is 0 Å². The van der Waals surface area contributed by atoms with Gasteiger partial charge in [-0.2, -0.15) is 5.26 Å². The molecule has 3 rings (SSSR count). The fraction of sp³-hybridized carbons (Fsp3) is 0.333. The van der Waals surface area contributed by atoms with Crippen molar-refractivity contribution in [1.29, 1.82) is 5.26 Å². The molecule has 0 amide bonds. The van der Waals surface area contributed by atoms with Crippen LogP contribution in [0, 0.1) is 11.3 Å². The van der Waals surface area contributed by atoms with Gasteiger partial charge in [0, 0.05) is 6.54 Å². The number of ether oxygens (including phenoxy) is 1.